The summed E-state index contributed by atoms with van der Waals surface area (Å²) in [4.78, 5) is 0. The second kappa shape index (κ2) is 7.09. The average molecular weight is 252 g/mol. The van der Waals surface area contributed by atoms with Gasteiger partial charge in [0.25, 0.3) is 0 Å². The lowest BCUT2D eigenvalue weighted by molar-refractivity contribution is -0.0275. The highest BCUT2D eigenvalue weighted by molar-refractivity contribution is 5.83. The van der Waals surface area contributed by atoms with Gasteiger partial charge in [0.2, 0.25) is 5.96 Å². The molecule has 0 fully saturated rings. The SMILES string of the molecule is NN=C(N)NN=Cc1cccc(NCC(O)O)c1. The minimum Gasteiger partial charge on any atom is -0.380 e. The Labute approximate surface area is 104 Å². The van der Waals surface area contributed by atoms with Crippen LogP contribution in [-0.2, 0) is 0 Å². The second-order valence-corrected chi connectivity index (χ2v) is 3.37. The van der Waals surface area contributed by atoms with Crippen molar-refractivity contribution in [3.05, 3.63) is 29.8 Å². The van der Waals surface area contributed by atoms with E-state index in [4.69, 9.17) is 21.8 Å². The summed E-state index contributed by atoms with van der Waals surface area (Å²) >= 11 is 0. The molecule has 18 heavy (non-hydrogen) atoms. The first-order valence-corrected chi connectivity index (χ1v) is 5.14. The van der Waals surface area contributed by atoms with Crippen LogP contribution in [0.25, 0.3) is 0 Å². The summed E-state index contributed by atoms with van der Waals surface area (Å²) in [6.07, 6.45) is 0.128. The highest BCUT2D eigenvalue weighted by Crippen LogP contribution is 2.08. The van der Waals surface area contributed by atoms with E-state index in [0.29, 0.717) is 0 Å². The predicted octanol–water partition coefficient (Wildman–Crippen LogP) is -1.48. The van der Waals surface area contributed by atoms with Crippen LogP contribution in [0.15, 0.2) is 34.5 Å². The molecule has 0 saturated heterocycles. The lowest BCUT2D eigenvalue weighted by Gasteiger charge is -2.07. The van der Waals surface area contributed by atoms with Gasteiger partial charge in [-0.1, -0.05) is 12.1 Å². The Balaban J connectivity index is 2.59. The molecule has 1 aromatic carbocycles. The molecule has 0 spiro atoms. The molecular weight excluding hydrogens is 236 g/mol. The number of aliphatic hydroxyl groups excluding tert-OH is 1. The first kappa shape index (κ1) is 13.7. The summed E-state index contributed by atoms with van der Waals surface area (Å²) in [5.74, 6) is 4.92. The summed E-state index contributed by atoms with van der Waals surface area (Å²) in [6, 6.07) is 7.20. The molecule has 0 radical (unpaired) electrons. The van der Waals surface area contributed by atoms with Crippen LogP contribution in [0.3, 0.4) is 0 Å². The van der Waals surface area contributed by atoms with Gasteiger partial charge in [-0.2, -0.15) is 5.10 Å². The number of aliphatic hydroxyl groups is 2. The number of nitrogens with zero attached hydrogens (tertiary/aromatic N) is 2. The van der Waals surface area contributed by atoms with E-state index in [1.165, 1.54) is 6.21 Å². The van der Waals surface area contributed by atoms with E-state index in [1.807, 2.05) is 6.07 Å². The van der Waals surface area contributed by atoms with Crippen LogP contribution < -0.4 is 22.3 Å². The highest BCUT2D eigenvalue weighted by atomic mass is 16.5. The molecule has 0 heterocycles. The zero-order chi connectivity index (χ0) is 13.4. The van der Waals surface area contributed by atoms with Crippen LogP contribution in [0.1, 0.15) is 5.56 Å². The van der Waals surface area contributed by atoms with Gasteiger partial charge in [-0.25, -0.2) is 5.43 Å². The molecule has 0 aliphatic rings. The van der Waals surface area contributed by atoms with E-state index in [2.05, 4.69) is 20.9 Å². The molecule has 1 aromatic rings. The van der Waals surface area contributed by atoms with E-state index < -0.39 is 6.29 Å². The number of benzene rings is 1. The number of hydrogen-bond donors (Lipinski definition) is 6. The van der Waals surface area contributed by atoms with Crippen molar-refractivity contribution in [2.45, 2.75) is 6.29 Å². The Morgan fingerprint density at radius 2 is 2.22 bits per heavy atom. The van der Waals surface area contributed by atoms with Crippen LogP contribution in [0.2, 0.25) is 0 Å². The van der Waals surface area contributed by atoms with Gasteiger partial charge >= 0.3 is 0 Å². The maximum absolute atomic E-state index is 8.73. The summed E-state index contributed by atoms with van der Waals surface area (Å²) in [5, 5.41) is 27.3. The van der Waals surface area contributed by atoms with Gasteiger partial charge in [0.15, 0.2) is 6.29 Å². The number of nitrogens with two attached hydrogens (primary N) is 2. The zero-order valence-corrected chi connectivity index (χ0v) is 9.61. The topological polar surface area (TPSA) is 141 Å². The van der Waals surface area contributed by atoms with Crippen molar-refractivity contribution in [1.82, 2.24) is 5.43 Å². The van der Waals surface area contributed by atoms with Crippen molar-refractivity contribution >= 4 is 17.9 Å². The maximum Gasteiger partial charge on any atom is 0.231 e. The molecule has 0 bridgehead atoms. The van der Waals surface area contributed by atoms with Crippen molar-refractivity contribution in [3.8, 4) is 0 Å². The van der Waals surface area contributed by atoms with Crippen molar-refractivity contribution < 1.29 is 10.2 Å². The lowest BCUT2D eigenvalue weighted by Crippen LogP contribution is -2.28. The van der Waals surface area contributed by atoms with E-state index in [0.717, 1.165) is 11.3 Å². The van der Waals surface area contributed by atoms with Crippen molar-refractivity contribution in [3.63, 3.8) is 0 Å². The summed E-state index contributed by atoms with van der Waals surface area (Å²) in [7, 11) is 0. The van der Waals surface area contributed by atoms with Gasteiger partial charge in [0.1, 0.15) is 0 Å². The molecule has 0 amide bonds. The monoisotopic (exact) mass is 252 g/mol. The van der Waals surface area contributed by atoms with Gasteiger partial charge in [0, 0.05) is 5.69 Å². The Morgan fingerprint density at radius 1 is 1.44 bits per heavy atom. The minimum atomic E-state index is -1.40. The quantitative estimate of drug-likeness (QED) is 0.124. The van der Waals surface area contributed by atoms with Crippen LogP contribution in [0, 0.1) is 0 Å². The Hall–Kier alpha value is -2.32. The number of anilines is 1. The number of hydrogen-bond acceptors (Lipinski definition) is 6. The molecule has 98 valence electrons. The van der Waals surface area contributed by atoms with Gasteiger partial charge < -0.3 is 27.1 Å². The molecule has 0 atom stereocenters. The first-order valence-electron chi connectivity index (χ1n) is 5.14. The molecule has 8 nitrogen and oxygen atoms in total. The standard InChI is InChI=1S/C10H16N6O2/c11-10(15-12)16-14-5-7-2-1-3-8(4-7)13-6-9(17)18/h1-5,9,13,17-18H,6,12H2,(H3,11,15,16). The third-order valence-electron chi connectivity index (χ3n) is 1.91. The molecule has 0 saturated carbocycles. The van der Waals surface area contributed by atoms with Gasteiger partial charge in [0.05, 0.1) is 12.8 Å². The van der Waals surface area contributed by atoms with Crippen LogP contribution in [0.4, 0.5) is 5.69 Å². The number of guanidine groups is 1. The van der Waals surface area contributed by atoms with Gasteiger partial charge in [-0.05, 0) is 17.7 Å². The van der Waals surface area contributed by atoms with Crippen LogP contribution >= 0.6 is 0 Å². The number of hydrazone groups is 2. The van der Waals surface area contributed by atoms with Crippen molar-refractivity contribution in [2.75, 3.05) is 11.9 Å². The van der Waals surface area contributed by atoms with Crippen molar-refractivity contribution in [2.24, 2.45) is 21.8 Å². The van der Waals surface area contributed by atoms with Gasteiger partial charge in [-0.15, -0.1) is 5.10 Å². The minimum absolute atomic E-state index is 0.00364. The molecule has 8 N–H and O–H groups in total. The molecule has 0 aromatic heterocycles. The average Bonchev–Trinajstić information content (AvgIpc) is 2.36. The van der Waals surface area contributed by atoms with E-state index in [9.17, 15) is 0 Å². The predicted molar refractivity (Wildman–Crippen MR) is 69.7 cm³/mol. The van der Waals surface area contributed by atoms with Crippen molar-refractivity contribution in [1.29, 1.82) is 0 Å². The fourth-order valence-corrected chi connectivity index (χ4v) is 1.14. The molecule has 0 aliphatic carbocycles. The molecule has 0 aliphatic heterocycles. The second-order valence-electron chi connectivity index (χ2n) is 3.37. The lowest BCUT2D eigenvalue weighted by atomic mass is 10.2. The summed E-state index contributed by atoms with van der Waals surface area (Å²) in [6.45, 7) is 0.0472. The van der Waals surface area contributed by atoms with Crippen LogP contribution in [-0.4, -0.2) is 35.2 Å². The van der Waals surface area contributed by atoms with Crippen LogP contribution in [0.5, 0.6) is 0 Å². The Morgan fingerprint density at radius 3 is 2.89 bits per heavy atom. The third-order valence-corrected chi connectivity index (χ3v) is 1.91. The maximum atomic E-state index is 8.73. The molecule has 8 heteroatoms. The van der Waals surface area contributed by atoms with E-state index in [1.54, 1.807) is 18.2 Å². The fourth-order valence-electron chi connectivity index (χ4n) is 1.14. The molecule has 0 unspecified atom stereocenters. The number of nitrogens with one attached hydrogen (secondary N) is 2. The largest absolute Gasteiger partial charge is 0.380 e. The van der Waals surface area contributed by atoms with Gasteiger partial charge in [-0.3, -0.25) is 0 Å². The highest BCUT2D eigenvalue weighted by Gasteiger charge is 1.97. The normalized spacial score (nSPS) is 12.1. The summed E-state index contributed by atoms with van der Waals surface area (Å²) in [5.41, 5.74) is 9.24. The Bertz CT molecular complexity index is 432. The zero-order valence-electron chi connectivity index (χ0n) is 9.61. The fraction of sp³-hybridized carbons (Fsp3) is 0.200. The van der Waals surface area contributed by atoms with E-state index in [-0.39, 0.29) is 12.5 Å². The number of rotatable bonds is 5. The molecular formula is C10H16N6O2. The Kier molecular flexibility index (Phi) is 5.42. The first-order chi connectivity index (χ1) is 8.61. The van der Waals surface area contributed by atoms with E-state index >= 15 is 0 Å². The summed E-state index contributed by atoms with van der Waals surface area (Å²) < 4.78 is 0. The molecule has 1 rings (SSSR count). The third kappa shape index (κ3) is 5.14. The smallest absolute Gasteiger partial charge is 0.231 e.